The molecular weight excluding hydrogens is 496 g/mol. The minimum Gasteiger partial charge on any atom is -0.449 e. The first kappa shape index (κ1) is 24.0. The van der Waals surface area contributed by atoms with E-state index in [1.807, 2.05) is 0 Å². The van der Waals surface area contributed by atoms with E-state index in [9.17, 15) is 14.9 Å². The van der Waals surface area contributed by atoms with Crippen molar-refractivity contribution >= 4 is 45.6 Å². The fraction of sp³-hybridized carbons (Fsp3) is 0.200. The molecule has 0 saturated heterocycles. The summed E-state index contributed by atoms with van der Waals surface area (Å²) in [6.45, 7) is 1.88. The molecule has 0 bridgehead atoms. The molecule has 11 nitrogen and oxygen atoms in total. The quantitative estimate of drug-likeness (QED) is 0.374. The van der Waals surface area contributed by atoms with E-state index in [1.165, 1.54) is 16.5 Å². The first-order valence-corrected chi connectivity index (χ1v) is 11.7. The molecule has 0 unspecified atom stereocenters. The summed E-state index contributed by atoms with van der Waals surface area (Å²) in [6.07, 6.45) is 2.62. The summed E-state index contributed by atoms with van der Waals surface area (Å²) in [5, 5.41) is 17.9. The van der Waals surface area contributed by atoms with Gasteiger partial charge in [0.05, 0.1) is 35.6 Å². The number of H-pyrrole nitrogens is 1. The monoisotopic (exact) mass is 516 g/mol. The number of carbonyl (C=O) groups is 1. The molecule has 1 N–H and O–H groups in total. The number of nitrogens with zero attached hydrogens (tertiary/aromatic N) is 7. The molecule has 4 aromatic heterocycles. The molecular formula is C25H21ClN8O3. The van der Waals surface area contributed by atoms with E-state index in [0.717, 1.165) is 10.9 Å². The molecule has 0 atom stereocenters. The summed E-state index contributed by atoms with van der Waals surface area (Å²) in [7, 11) is 3.29. The van der Waals surface area contributed by atoms with Crippen LogP contribution in [0.4, 0.5) is 10.7 Å². The summed E-state index contributed by atoms with van der Waals surface area (Å²) in [5.41, 5.74) is 2.64. The van der Waals surface area contributed by atoms with Gasteiger partial charge in [-0.05, 0) is 42.8 Å². The Morgan fingerprint density at radius 3 is 2.81 bits per heavy atom. The maximum atomic E-state index is 13.6. The fourth-order valence-electron chi connectivity index (χ4n) is 4.25. The molecule has 5 aromatic rings. The Morgan fingerprint density at radius 2 is 2.08 bits per heavy atom. The third kappa shape index (κ3) is 4.17. The molecule has 0 aliphatic rings. The lowest BCUT2D eigenvalue weighted by Crippen LogP contribution is -2.36. The molecule has 4 heterocycles. The number of hydrogen-bond donors (Lipinski definition) is 1. The van der Waals surface area contributed by atoms with Gasteiger partial charge in [-0.2, -0.15) is 15.3 Å². The Labute approximate surface area is 215 Å². The zero-order valence-corrected chi connectivity index (χ0v) is 20.9. The van der Waals surface area contributed by atoms with Crippen LogP contribution in [0.25, 0.3) is 33.3 Å². The van der Waals surface area contributed by atoms with Crippen molar-refractivity contribution in [3.05, 3.63) is 69.2 Å². The third-order valence-corrected chi connectivity index (χ3v) is 6.25. The number of ether oxygens (including phenoxy) is 1. The first-order valence-electron chi connectivity index (χ1n) is 11.3. The van der Waals surface area contributed by atoms with Gasteiger partial charge >= 0.3 is 6.09 Å². The molecule has 186 valence electrons. The van der Waals surface area contributed by atoms with E-state index in [0.29, 0.717) is 27.5 Å². The average Bonchev–Trinajstić information content (AvgIpc) is 3.48. The number of aromatic amines is 1. The molecule has 0 spiro atoms. The average molecular weight is 517 g/mol. The number of rotatable bonds is 5. The van der Waals surface area contributed by atoms with Crippen molar-refractivity contribution in [3.63, 3.8) is 0 Å². The minimum atomic E-state index is -0.673. The van der Waals surface area contributed by atoms with Crippen LogP contribution in [0, 0.1) is 11.3 Å². The second kappa shape index (κ2) is 9.40. The van der Waals surface area contributed by atoms with E-state index < -0.39 is 11.7 Å². The van der Waals surface area contributed by atoms with Crippen LogP contribution >= 0.6 is 11.6 Å². The van der Waals surface area contributed by atoms with Gasteiger partial charge in [0.25, 0.3) is 5.56 Å². The van der Waals surface area contributed by atoms with E-state index in [2.05, 4.69) is 26.2 Å². The SMILES string of the molecule is CCOC(=O)N(Cc1ccnc2ccc(Cl)cc12)c1nc2n[nH]c(-c3cc(C#N)cn3C)c2c(=O)n1C. The number of nitriles is 1. The molecule has 0 fully saturated rings. The number of fused-ring (bicyclic) bond motifs is 2. The third-order valence-electron chi connectivity index (χ3n) is 6.01. The molecule has 0 saturated carbocycles. The van der Waals surface area contributed by atoms with Crippen LogP contribution in [-0.2, 0) is 25.4 Å². The highest BCUT2D eigenvalue weighted by Crippen LogP contribution is 2.28. The summed E-state index contributed by atoms with van der Waals surface area (Å²) >= 11 is 6.22. The van der Waals surface area contributed by atoms with Crippen LogP contribution in [-0.4, -0.2) is 42.0 Å². The number of aryl methyl sites for hydroxylation is 1. The maximum Gasteiger partial charge on any atom is 0.416 e. The number of halogens is 1. The van der Waals surface area contributed by atoms with Gasteiger partial charge in [0, 0.05) is 36.9 Å². The number of hydrogen-bond acceptors (Lipinski definition) is 7. The van der Waals surface area contributed by atoms with Gasteiger partial charge in [0.15, 0.2) is 5.65 Å². The minimum absolute atomic E-state index is 0.0462. The van der Waals surface area contributed by atoms with Crippen molar-refractivity contribution in [2.45, 2.75) is 13.5 Å². The van der Waals surface area contributed by atoms with Crippen molar-refractivity contribution in [2.75, 3.05) is 11.5 Å². The summed E-state index contributed by atoms with van der Waals surface area (Å²) in [5.74, 6) is 0.0607. The molecule has 5 rings (SSSR count). The topological polar surface area (TPSA) is 135 Å². The van der Waals surface area contributed by atoms with E-state index in [1.54, 1.807) is 61.3 Å². The number of carbonyl (C=O) groups excluding carboxylic acids is 1. The molecule has 37 heavy (non-hydrogen) atoms. The number of amides is 1. The van der Waals surface area contributed by atoms with Crippen molar-refractivity contribution in [3.8, 4) is 17.5 Å². The lowest BCUT2D eigenvalue weighted by Gasteiger charge is -2.23. The Bertz CT molecular complexity index is 1780. The van der Waals surface area contributed by atoms with Crippen LogP contribution in [0.1, 0.15) is 18.1 Å². The van der Waals surface area contributed by atoms with E-state index >= 15 is 0 Å². The summed E-state index contributed by atoms with van der Waals surface area (Å²) in [4.78, 5) is 36.9. The highest BCUT2D eigenvalue weighted by Gasteiger charge is 2.26. The van der Waals surface area contributed by atoms with E-state index in [4.69, 9.17) is 16.3 Å². The zero-order valence-electron chi connectivity index (χ0n) is 20.2. The lowest BCUT2D eigenvalue weighted by molar-refractivity contribution is 0.158. The van der Waals surface area contributed by atoms with Gasteiger partial charge in [-0.25, -0.2) is 9.69 Å². The van der Waals surface area contributed by atoms with E-state index in [-0.39, 0.29) is 30.1 Å². The summed E-state index contributed by atoms with van der Waals surface area (Å²) < 4.78 is 8.31. The Kier molecular flexibility index (Phi) is 6.11. The van der Waals surface area contributed by atoms with Crippen molar-refractivity contribution in [2.24, 2.45) is 14.1 Å². The molecule has 1 amide bonds. The van der Waals surface area contributed by atoms with Crippen LogP contribution < -0.4 is 10.5 Å². The van der Waals surface area contributed by atoms with Crippen LogP contribution in [0.2, 0.25) is 5.02 Å². The predicted octanol–water partition coefficient (Wildman–Crippen LogP) is 3.90. The smallest absolute Gasteiger partial charge is 0.416 e. The van der Waals surface area contributed by atoms with Gasteiger partial charge in [-0.1, -0.05) is 11.6 Å². The highest BCUT2D eigenvalue weighted by molar-refractivity contribution is 6.31. The van der Waals surface area contributed by atoms with Gasteiger partial charge in [-0.15, -0.1) is 0 Å². The molecule has 1 aromatic carbocycles. The lowest BCUT2D eigenvalue weighted by atomic mass is 10.1. The number of benzene rings is 1. The molecule has 0 aliphatic carbocycles. The normalized spacial score (nSPS) is 11.1. The fourth-order valence-corrected chi connectivity index (χ4v) is 4.42. The Morgan fingerprint density at radius 1 is 1.27 bits per heavy atom. The second-order valence-corrected chi connectivity index (χ2v) is 8.76. The molecule has 0 aliphatic heterocycles. The standard InChI is InChI=1S/C25H21ClN8O3/c1-4-37-25(36)34(13-15-7-8-28-18-6-5-16(26)10-17(15)18)24-29-22-20(23(35)33(24)3)21(30-31-22)19-9-14(11-27)12-32(19)2/h5-10,12H,4,13H2,1-3H3,(H,30,31). The van der Waals surface area contributed by atoms with Crippen LogP contribution in [0.5, 0.6) is 0 Å². The van der Waals surface area contributed by atoms with Crippen molar-refractivity contribution in [1.29, 1.82) is 5.26 Å². The zero-order chi connectivity index (χ0) is 26.3. The van der Waals surface area contributed by atoms with Crippen molar-refractivity contribution < 1.29 is 9.53 Å². The van der Waals surface area contributed by atoms with Crippen LogP contribution in [0.3, 0.4) is 0 Å². The molecule has 0 radical (unpaired) electrons. The van der Waals surface area contributed by atoms with Gasteiger partial charge in [-0.3, -0.25) is 19.4 Å². The number of aromatic nitrogens is 6. The predicted molar refractivity (Wildman–Crippen MR) is 138 cm³/mol. The largest absolute Gasteiger partial charge is 0.449 e. The number of anilines is 1. The van der Waals surface area contributed by atoms with Gasteiger partial charge < -0.3 is 9.30 Å². The Hall–Kier alpha value is -4.69. The number of nitrogens with one attached hydrogen (secondary N) is 1. The van der Waals surface area contributed by atoms with Gasteiger partial charge in [0.2, 0.25) is 5.95 Å². The van der Waals surface area contributed by atoms with Crippen LogP contribution in [0.15, 0.2) is 47.5 Å². The first-order chi connectivity index (χ1) is 17.8. The second-order valence-electron chi connectivity index (χ2n) is 8.33. The van der Waals surface area contributed by atoms with Gasteiger partial charge in [0.1, 0.15) is 11.5 Å². The Balaban J connectivity index is 1.66. The van der Waals surface area contributed by atoms with Crippen molar-refractivity contribution in [1.82, 2.24) is 29.3 Å². The number of pyridine rings is 1. The summed E-state index contributed by atoms with van der Waals surface area (Å²) in [6, 6.07) is 10.8. The highest BCUT2D eigenvalue weighted by atomic mass is 35.5. The molecule has 12 heteroatoms. The maximum absolute atomic E-state index is 13.6.